The molecule has 16 nitrogen and oxygen atoms in total. The highest BCUT2D eigenvalue weighted by molar-refractivity contribution is 5.88. The van der Waals surface area contributed by atoms with Crippen LogP contribution in [0.25, 0.3) is 22.3 Å². The van der Waals surface area contributed by atoms with Gasteiger partial charge in [-0.05, 0) is 25.1 Å². The lowest BCUT2D eigenvalue weighted by molar-refractivity contribution is -0.354. The van der Waals surface area contributed by atoms with Gasteiger partial charge in [-0.15, -0.1) is 0 Å². The molecule has 3 heterocycles. The van der Waals surface area contributed by atoms with E-state index in [9.17, 15) is 55.9 Å². The van der Waals surface area contributed by atoms with Crippen LogP contribution in [0.3, 0.4) is 0 Å². The van der Waals surface area contributed by atoms with E-state index in [1.165, 1.54) is 13.0 Å². The first kappa shape index (κ1) is 30.7. The van der Waals surface area contributed by atoms with E-state index in [0.717, 1.165) is 24.3 Å². The Labute approximate surface area is 241 Å². The van der Waals surface area contributed by atoms with Crippen molar-refractivity contribution < 1.29 is 74.4 Å². The Morgan fingerprint density at radius 3 is 2.19 bits per heavy atom. The van der Waals surface area contributed by atoms with Gasteiger partial charge in [0.05, 0.1) is 12.7 Å². The number of benzene rings is 2. The molecule has 3 aromatic rings. The monoisotopic (exact) mass is 610 g/mol. The number of fused-ring (bicyclic) bond motifs is 1. The molecule has 1 aromatic heterocycles. The third-order valence-corrected chi connectivity index (χ3v) is 7.31. The van der Waals surface area contributed by atoms with Crippen LogP contribution in [-0.2, 0) is 14.2 Å². The minimum atomic E-state index is -1.91. The van der Waals surface area contributed by atoms with Gasteiger partial charge in [0.2, 0.25) is 17.5 Å². The Bertz CT molecular complexity index is 1540. The fourth-order valence-corrected chi connectivity index (χ4v) is 4.92. The second-order valence-electron chi connectivity index (χ2n) is 10.2. The number of hydrogen-bond donors (Lipinski definition) is 10. The van der Waals surface area contributed by atoms with E-state index in [1.807, 2.05) is 0 Å². The summed E-state index contributed by atoms with van der Waals surface area (Å²) in [4.78, 5) is 13.7. The fraction of sp³-hybridized carbons (Fsp3) is 0.444. The smallest absolute Gasteiger partial charge is 0.239 e. The quantitative estimate of drug-likeness (QED) is 0.140. The van der Waals surface area contributed by atoms with Crippen molar-refractivity contribution in [2.45, 2.75) is 68.3 Å². The van der Waals surface area contributed by atoms with Gasteiger partial charge in [0.15, 0.2) is 29.7 Å². The van der Waals surface area contributed by atoms with E-state index in [4.69, 9.17) is 23.4 Å². The highest BCUT2D eigenvalue weighted by atomic mass is 16.8. The number of phenols is 4. The summed E-state index contributed by atoms with van der Waals surface area (Å²) in [5, 5.41) is 102. The van der Waals surface area contributed by atoms with Gasteiger partial charge in [0, 0.05) is 17.7 Å². The second-order valence-corrected chi connectivity index (χ2v) is 10.2. The van der Waals surface area contributed by atoms with Crippen molar-refractivity contribution in [1.29, 1.82) is 0 Å². The maximum absolute atomic E-state index is 13.7. The highest BCUT2D eigenvalue weighted by Crippen LogP contribution is 2.40. The van der Waals surface area contributed by atoms with Gasteiger partial charge < -0.3 is 74.4 Å². The van der Waals surface area contributed by atoms with Crippen LogP contribution in [0.2, 0.25) is 0 Å². The lowest BCUT2D eigenvalue weighted by atomic mass is 9.97. The number of rotatable bonds is 6. The van der Waals surface area contributed by atoms with Crippen molar-refractivity contribution in [3.63, 3.8) is 0 Å². The number of ether oxygens (including phenoxy) is 4. The Hall–Kier alpha value is -3.71. The lowest BCUT2D eigenvalue weighted by Crippen LogP contribution is -2.64. The van der Waals surface area contributed by atoms with Gasteiger partial charge in [0.1, 0.15) is 59.1 Å². The Morgan fingerprint density at radius 2 is 1.51 bits per heavy atom. The summed E-state index contributed by atoms with van der Waals surface area (Å²) in [7, 11) is 0. The van der Waals surface area contributed by atoms with E-state index >= 15 is 0 Å². The molecule has 43 heavy (non-hydrogen) atoms. The van der Waals surface area contributed by atoms with Crippen LogP contribution in [0.5, 0.6) is 28.7 Å². The summed E-state index contributed by atoms with van der Waals surface area (Å²) < 4.78 is 28.3. The van der Waals surface area contributed by atoms with Crippen LogP contribution in [0.15, 0.2) is 39.5 Å². The van der Waals surface area contributed by atoms with Crippen molar-refractivity contribution in [2.24, 2.45) is 0 Å². The molecule has 5 rings (SSSR count). The molecule has 0 saturated carbocycles. The van der Waals surface area contributed by atoms with Gasteiger partial charge in [-0.1, -0.05) is 0 Å². The maximum Gasteiger partial charge on any atom is 0.239 e. The molecule has 10 N–H and O–H groups in total. The minimum Gasteiger partial charge on any atom is -0.508 e. The summed E-state index contributed by atoms with van der Waals surface area (Å²) in [6, 6.07) is 5.21. The molecule has 0 unspecified atom stereocenters. The van der Waals surface area contributed by atoms with E-state index in [-0.39, 0.29) is 11.1 Å². The molecule has 234 valence electrons. The van der Waals surface area contributed by atoms with Crippen LogP contribution >= 0.6 is 0 Å². The van der Waals surface area contributed by atoms with Crippen molar-refractivity contribution in [3.05, 3.63) is 40.6 Å². The van der Waals surface area contributed by atoms with E-state index in [0.29, 0.717) is 0 Å². The predicted octanol–water partition coefficient (Wildman–Crippen LogP) is -1.69. The van der Waals surface area contributed by atoms with Crippen molar-refractivity contribution in [3.8, 4) is 40.1 Å². The highest BCUT2D eigenvalue weighted by Gasteiger charge is 2.51. The molecule has 2 aliphatic heterocycles. The lowest BCUT2D eigenvalue weighted by Gasteiger charge is -2.45. The third-order valence-electron chi connectivity index (χ3n) is 7.31. The Balaban J connectivity index is 1.62. The maximum atomic E-state index is 13.7. The molecule has 2 aromatic carbocycles. The van der Waals surface area contributed by atoms with Crippen LogP contribution in [0, 0.1) is 0 Å². The molecule has 0 bridgehead atoms. The number of aliphatic hydroxyl groups excluding tert-OH is 6. The van der Waals surface area contributed by atoms with Gasteiger partial charge in [0.25, 0.3) is 0 Å². The first-order chi connectivity index (χ1) is 20.3. The summed E-state index contributed by atoms with van der Waals surface area (Å²) in [6.45, 7) is 0.541. The van der Waals surface area contributed by atoms with Crippen molar-refractivity contribution >= 4 is 11.0 Å². The molecule has 0 spiro atoms. The molecule has 0 aliphatic carbocycles. The van der Waals surface area contributed by atoms with Gasteiger partial charge in [-0.25, -0.2) is 0 Å². The van der Waals surface area contributed by atoms with Gasteiger partial charge in [-0.3, -0.25) is 4.79 Å². The summed E-state index contributed by atoms with van der Waals surface area (Å²) in [5.74, 6) is -3.40. The average molecular weight is 611 g/mol. The van der Waals surface area contributed by atoms with Crippen LogP contribution < -0.4 is 10.2 Å². The second kappa shape index (κ2) is 11.8. The molecular weight excluding hydrogens is 580 g/mol. The number of aliphatic hydroxyl groups is 6. The van der Waals surface area contributed by atoms with Gasteiger partial charge >= 0.3 is 0 Å². The van der Waals surface area contributed by atoms with Crippen molar-refractivity contribution in [2.75, 3.05) is 6.61 Å². The first-order valence-electron chi connectivity index (χ1n) is 13.0. The number of aromatic hydroxyl groups is 4. The minimum absolute atomic E-state index is 0.0447. The Morgan fingerprint density at radius 1 is 0.791 bits per heavy atom. The largest absolute Gasteiger partial charge is 0.508 e. The zero-order valence-corrected chi connectivity index (χ0v) is 22.3. The van der Waals surface area contributed by atoms with Crippen molar-refractivity contribution in [1.82, 2.24) is 0 Å². The Kier molecular flexibility index (Phi) is 8.41. The molecule has 2 saturated heterocycles. The summed E-state index contributed by atoms with van der Waals surface area (Å²) >= 11 is 0. The molecule has 16 heteroatoms. The van der Waals surface area contributed by atoms with Crippen LogP contribution in [0.1, 0.15) is 6.92 Å². The number of phenolic OH excluding ortho intramolecular Hbond substituents is 4. The summed E-state index contributed by atoms with van der Waals surface area (Å²) in [5.41, 5.74) is -1.39. The molecule has 10 atom stereocenters. The average Bonchev–Trinajstić information content (AvgIpc) is 2.96. The van der Waals surface area contributed by atoms with Crippen LogP contribution in [0.4, 0.5) is 0 Å². The fourth-order valence-electron chi connectivity index (χ4n) is 4.92. The molecule has 2 aliphatic rings. The standard InChI is InChI=1S/C27H30O16/c1-8-17(33)20(36)22(38)26(39-8)43-25-21(37)18(34)15(7-28)41-27(25)42-24-19(35)16-13(32)5-10(29)6-14(16)40-23(24)9-2-3-11(30)12(31)4-9/h2-6,8,15,17-18,20-22,25-34,36-38H,7H2,1H3/t8-,15+,17-,18+,20+,21-,22+,25+,26+,27-/m0/s1. The molecule has 2 fully saturated rings. The van der Waals surface area contributed by atoms with Crippen LogP contribution in [-0.4, -0.2) is 119 Å². The third kappa shape index (κ3) is 5.55. The normalized spacial score (nSPS) is 33.0. The summed E-state index contributed by atoms with van der Waals surface area (Å²) in [6.07, 6.45) is -16.7. The zero-order valence-electron chi connectivity index (χ0n) is 22.3. The molecule has 0 radical (unpaired) electrons. The predicted molar refractivity (Wildman–Crippen MR) is 140 cm³/mol. The van der Waals surface area contributed by atoms with E-state index < -0.39 is 113 Å². The van der Waals surface area contributed by atoms with E-state index in [2.05, 4.69) is 0 Å². The first-order valence-corrected chi connectivity index (χ1v) is 13.0. The SMILES string of the molecule is C[C@@H]1O[C@H](O[C@H]2[C@H](Oc3c(-c4ccc(O)c(O)c4)oc4cc(O)cc(O)c4c3=O)O[C@H](CO)[C@@H](O)[C@@H]2O)[C@H](O)[C@H](O)[C@H]1O. The zero-order chi connectivity index (χ0) is 31.3. The number of hydrogen-bond acceptors (Lipinski definition) is 16. The topological polar surface area (TPSA) is 269 Å². The molecule has 0 amide bonds. The molecular formula is C27H30O16. The van der Waals surface area contributed by atoms with Gasteiger partial charge in [-0.2, -0.15) is 0 Å². The van der Waals surface area contributed by atoms with E-state index in [1.54, 1.807) is 0 Å².